The molecule has 3 rings (SSSR count). The van der Waals surface area contributed by atoms with Crippen LogP contribution in [0, 0.1) is 0 Å². The number of amides is 2. The highest BCUT2D eigenvalue weighted by molar-refractivity contribution is 5.89. The summed E-state index contributed by atoms with van der Waals surface area (Å²) in [5.41, 5.74) is 1.02. The third-order valence-electron chi connectivity index (χ3n) is 3.86. The molecule has 1 aliphatic rings. The number of nitrogens with zero attached hydrogens (tertiary/aromatic N) is 3. The van der Waals surface area contributed by atoms with Gasteiger partial charge in [0.1, 0.15) is 12.9 Å². The third kappa shape index (κ3) is 6.97. The van der Waals surface area contributed by atoms with Crippen LogP contribution in [0.25, 0.3) is 0 Å². The summed E-state index contributed by atoms with van der Waals surface area (Å²) in [7, 11) is 0. The van der Waals surface area contributed by atoms with E-state index in [-0.39, 0.29) is 49.2 Å². The molecule has 146 valence electrons. The minimum atomic E-state index is -0.195. The molecule has 1 unspecified atom stereocenters. The lowest BCUT2D eigenvalue weighted by atomic mass is 10.2. The van der Waals surface area contributed by atoms with Crippen LogP contribution in [0.4, 0.5) is 5.95 Å². The van der Waals surface area contributed by atoms with E-state index in [1.54, 1.807) is 0 Å². The smallest absolute Gasteiger partial charge is 0.248 e. The molecular weight excluding hydrogens is 372 g/mol. The Morgan fingerprint density at radius 3 is 2.81 bits per heavy atom. The molecule has 2 aromatic rings. The first-order chi connectivity index (χ1) is 12.7. The highest BCUT2D eigenvalue weighted by atomic mass is 35.5. The van der Waals surface area contributed by atoms with Crippen LogP contribution in [0.1, 0.15) is 12.0 Å². The highest BCUT2D eigenvalue weighted by Crippen LogP contribution is 2.03. The van der Waals surface area contributed by atoms with Gasteiger partial charge in [-0.3, -0.25) is 14.9 Å². The van der Waals surface area contributed by atoms with Gasteiger partial charge >= 0.3 is 0 Å². The molecule has 0 bridgehead atoms. The average Bonchev–Trinajstić information content (AvgIpc) is 3.08. The fourth-order valence-corrected chi connectivity index (χ4v) is 2.58. The van der Waals surface area contributed by atoms with Crippen LogP contribution in [0.2, 0.25) is 0 Å². The number of ether oxygens (including phenoxy) is 1. The topological polar surface area (TPSA) is 110 Å². The van der Waals surface area contributed by atoms with Gasteiger partial charge in [-0.25, -0.2) is 9.67 Å². The van der Waals surface area contributed by atoms with Gasteiger partial charge in [-0.2, -0.15) is 0 Å². The van der Waals surface area contributed by atoms with Gasteiger partial charge in [0.25, 0.3) is 0 Å². The van der Waals surface area contributed by atoms with E-state index in [2.05, 4.69) is 26.0 Å². The van der Waals surface area contributed by atoms with Gasteiger partial charge in [-0.15, -0.1) is 17.5 Å². The van der Waals surface area contributed by atoms with Crippen molar-refractivity contribution in [2.45, 2.75) is 25.6 Å². The van der Waals surface area contributed by atoms with Crippen molar-refractivity contribution in [1.82, 2.24) is 25.4 Å². The molecule has 9 nitrogen and oxygen atoms in total. The zero-order valence-corrected chi connectivity index (χ0v) is 15.6. The van der Waals surface area contributed by atoms with E-state index in [1.165, 1.54) is 11.0 Å². The average molecular weight is 395 g/mol. The number of carbonyl (C=O) groups is 2. The van der Waals surface area contributed by atoms with E-state index in [0.29, 0.717) is 19.8 Å². The van der Waals surface area contributed by atoms with E-state index in [0.717, 1.165) is 12.1 Å². The van der Waals surface area contributed by atoms with Crippen LogP contribution in [0.15, 0.2) is 36.7 Å². The van der Waals surface area contributed by atoms with Crippen molar-refractivity contribution in [3.8, 4) is 0 Å². The summed E-state index contributed by atoms with van der Waals surface area (Å²) in [4.78, 5) is 28.0. The quantitative estimate of drug-likeness (QED) is 0.624. The lowest BCUT2D eigenvalue weighted by molar-refractivity contribution is -0.122. The van der Waals surface area contributed by atoms with E-state index < -0.39 is 0 Å². The molecule has 1 fully saturated rings. The molecule has 27 heavy (non-hydrogen) atoms. The van der Waals surface area contributed by atoms with Gasteiger partial charge in [0.05, 0.1) is 13.2 Å². The predicted molar refractivity (Wildman–Crippen MR) is 101 cm³/mol. The van der Waals surface area contributed by atoms with E-state index in [4.69, 9.17) is 4.74 Å². The number of rotatable bonds is 7. The van der Waals surface area contributed by atoms with Crippen LogP contribution < -0.4 is 16.0 Å². The van der Waals surface area contributed by atoms with Crippen molar-refractivity contribution in [2.75, 3.05) is 25.1 Å². The summed E-state index contributed by atoms with van der Waals surface area (Å²) in [6.07, 6.45) is 1.70. The maximum Gasteiger partial charge on any atom is 0.248 e. The maximum absolute atomic E-state index is 12.0. The summed E-state index contributed by atoms with van der Waals surface area (Å²) in [5.74, 6) is -0.193. The molecule has 1 aliphatic heterocycles. The first-order valence-corrected chi connectivity index (χ1v) is 8.50. The molecule has 3 N–H and O–H groups in total. The molecule has 0 radical (unpaired) electrons. The lowest BCUT2D eigenvalue weighted by Gasteiger charge is -2.22. The number of anilines is 1. The Morgan fingerprint density at radius 1 is 1.26 bits per heavy atom. The molecule has 0 aliphatic carbocycles. The van der Waals surface area contributed by atoms with E-state index in [9.17, 15) is 9.59 Å². The largest absolute Gasteiger partial charge is 0.378 e. The number of aromatic nitrogens is 3. The van der Waals surface area contributed by atoms with Crippen molar-refractivity contribution in [2.24, 2.45) is 0 Å². The number of carbonyl (C=O) groups excluding carboxylic acids is 2. The second-order valence-electron chi connectivity index (χ2n) is 6.01. The Bertz CT molecular complexity index is 733. The standard InChI is InChI=1S/C17H22N6O3.ClH/c24-15(8-14-11-26-7-6-18-14)21-17-20-12-23(22-17)10-16(25)19-9-13-4-2-1-3-5-13;/h1-5,12,14,18H,6-11H2,(H,19,25)(H,21,22,24);1H. The fourth-order valence-electron chi connectivity index (χ4n) is 2.58. The second-order valence-corrected chi connectivity index (χ2v) is 6.01. The van der Waals surface area contributed by atoms with Gasteiger partial charge in [0.2, 0.25) is 17.8 Å². The molecule has 0 saturated carbocycles. The molecule has 1 saturated heterocycles. The minimum Gasteiger partial charge on any atom is -0.378 e. The fraction of sp³-hybridized carbons (Fsp3) is 0.412. The summed E-state index contributed by atoms with van der Waals surface area (Å²) in [6.45, 7) is 2.40. The van der Waals surface area contributed by atoms with Crippen LogP contribution >= 0.6 is 12.4 Å². The zero-order valence-electron chi connectivity index (χ0n) is 14.8. The number of benzene rings is 1. The highest BCUT2D eigenvalue weighted by Gasteiger charge is 2.17. The summed E-state index contributed by atoms with van der Waals surface area (Å²) >= 11 is 0. The monoisotopic (exact) mass is 394 g/mol. The predicted octanol–water partition coefficient (Wildman–Crippen LogP) is 0.333. The van der Waals surface area contributed by atoms with Gasteiger partial charge in [0, 0.05) is 25.6 Å². The first-order valence-electron chi connectivity index (χ1n) is 8.50. The van der Waals surface area contributed by atoms with Crippen LogP contribution in [0.5, 0.6) is 0 Å². The Labute approximate surface area is 163 Å². The van der Waals surface area contributed by atoms with Crippen molar-refractivity contribution >= 4 is 30.2 Å². The van der Waals surface area contributed by atoms with Gasteiger partial charge in [0.15, 0.2) is 0 Å². The first kappa shape index (κ1) is 20.8. The molecule has 1 aromatic carbocycles. The number of hydrogen-bond donors (Lipinski definition) is 3. The Morgan fingerprint density at radius 2 is 2.07 bits per heavy atom. The molecule has 1 atom stereocenters. The molecular formula is C17H23ClN6O3. The van der Waals surface area contributed by atoms with Crippen molar-refractivity contribution < 1.29 is 14.3 Å². The minimum absolute atomic E-state index is 0. The normalized spacial score (nSPS) is 16.2. The van der Waals surface area contributed by atoms with E-state index in [1.807, 2.05) is 30.3 Å². The Hall–Kier alpha value is -2.49. The van der Waals surface area contributed by atoms with Gasteiger partial charge in [-0.1, -0.05) is 30.3 Å². The van der Waals surface area contributed by atoms with Gasteiger partial charge < -0.3 is 15.4 Å². The molecule has 2 heterocycles. The summed E-state index contributed by atoms with van der Waals surface area (Å²) in [5, 5.41) is 12.8. The molecule has 10 heteroatoms. The molecule has 2 amide bonds. The SMILES string of the molecule is Cl.O=C(Cn1cnc(NC(=O)CC2COCCN2)n1)NCc1ccccc1. The van der Waals surface area contributed by atoms with E-state index >= 15 is 0 Å². The van der Waals surface area contributed by atoms with Crippen LogP contribution in [-0.4, -0.2) is 52.4 Å². The van der Waals surface area contributed by atoms with Crippen LogP contribution in [-0.2, 0) is 27.4 Å². The van der Waals surface area contributed by atoms with Crippen molar-refractivity contribution in [3.63, 3.8) is 0 Å². The van der Waals surface area contributed by atoms with Crippen molar-refractivity contribution in [3.05, 3.63) is 42.2 Å². The van der Waals surface area contributed by atoms with Crippen molar-refractivity contribution in [1.29, 1.82) is 0 Å². The maximum atomic E-state index is 12.0. The number of morpholine rings is 1. The molecule has 0 spiro atoms. The number of hydrogen-bond acceptors (Lipinski definition) is 6. The number of halogens is 1. The lowest BCUT2D eigenvalue weighted by Crippen LogP contribution is -2.43. The summed E-state index contributed by atoms with van der Waals surface area (Å²) in [6, 6.07) is 9.64. The van der Waals surface area contributed by atoms with Gasteiger partial charge in [-0.05, 0) is 5.56 Å². The number of nitrogens with one attached hydrogen (secondary N) is 3. The third-order valence-corrected chi connectivity index (χ3v) is 3.86. The zero-order chi connectivity index (χ0) is 18.2. The van der Waals surface area contributed by atoms with Crippen LogP contribution in [0.3, 0.4) is 0 Å². The Balaban J connectivity index is 0.00000261. The Kier molecular flexibility index (Phi) is 8.18. The molecule has 1 aromatic heterocycles. The second kappa shape index (κ2) is 10.6. The summed E-state index contributed by atoms with van der Waals surface area (Å²) < 4.78 is 6.70.